The van der Waals surface area contributed by atoms with Crippen LogP contribution in [0.5, 0.6) is 11.5 Å². The normalized spacial score (nSPS) is 10.7. The molecule has 6 nitrogen and oxygen atoms in total. The number of hydrogen-bond acceptors (Lipinski definition) is 4. The van der Waals surface area contributed by atoms with Crippen LogP contribution < -0.4 is 14.8 Å². The molecule has 140 valence electrons. The van der Waals surface area contributed by atoms with Crippen molar-refractivity contribution in [1.29, 1.82) is 0 Å². The third-order valence-corrected chi connectivity index (χ3v) is 3.58. The molecule has 0 atom stereocenters. The van der Waals surface area contributed by atoms with Gasteiger partial charge in [-0.1, -0.05) is 24.3 Å². The lowest BCUT2D eigenvalue weighted by Crippen LogP contribution is -2.15. The van der Waals surface area contributed by atoms with Gasteiger partial charge in [0.15, 0.2) is 12.4 Å². The van der Waals surface area contributed by atoms with Crippen LogP contribution in [0.25, 0.3) is 0 Å². The first-order valence-corrected chi connectivity index (χ1v) is 8.09. The number of nitrogens with zero attached hydrogens (tertiary/aromatic N) is 2. The molecule has 2 aromatic carbocycles. The molecule has 3 aromatic rings. The van der Waals surface area contributed by atoms with E-state index in [0.29, 0.717) is 5.75 Å². The highest BCUT2D eigenvalue weighted by Crippen LogP contribution is 2.27. The summed E-state index contributed by atoms with van der Waals surface area (Å²) in [6.07, 6.45) is 1.59. The maximum absolute atomic E-state index is 12.6. The molecule has 0 bridgehead atoms. The Kier molecular flexibility index (Phi) is 5.65. The molecule has 27 heavy (non-hydrogen) atoms. The van der Waals surface area contributed by atoms with Crippen molar-refractivity contribution in [3.05, 3.63) is 72.1 Å². The van der Waals surface area contributed by atoms with Gasteiger partial charge < -0.3 is 14.8 Å². The van der Waals surface area contributed by atoms with Crippen LogP contribution in [0.15, 0.2) is 60.8 Å². The molecule has 1 aromatic heterocycles. The Labute approximate surface area is 154 Å². The molecule has 0 radical (unpaired) electrons. The summed E-state index contributed by atoms with van der Waals surface area (Å²) in [5, 5.41) is 6.65. The van der Waals surface area contributed by atoms with Crippen LogP contribution in [0.1, 0.15) is 16.1 Å². The Bertz CT molecular complexity index is 914. The van der Waals surface area contributed by atoms with E-state index < -0.39 is 12.5 Å². The SMILES string of the molecule is Cc1ccc(NC(=O)c2ccn(COc3ccccc3)n2)c(OC(F)F)c1. The van der Waals surface area contributed by atoms with Crippen molar-refractivity contribution in [2.75, 3.05) is 5.32 Å². The van der Waals surface area contributed by atoms with Gasteiger partial charge in [-0.15, -0.1) is 0 Å². The van der Waals surface area contributed by atoms with E-state index in [-0.39, 0.29) is 23.9 Å². The molecule has 0 aliphatic carbocycles. The van der Waals surface area contributed by atoms with Gasteiger partial charge in [-0.3, -0.25) is 4.79 Å². The Balaban J connectivity index is 1.66. The van der Waals surface area contributed by atoms with Gasteiger partial charge in [0.2, 0.25) is 0 Å². The van der Waals surface area contributed by atoms with Crippen molar-refractivity contribution in [2.45, 2.75) is 20.3 Å². The summed E-state index contributed by atoms with van der Waals surface area (Å²) in [4.78, 5) is 12.4. The zero-order valence-corrected chi connectivity index (χ0v) is 14.4. The van der Waals surface area contributed by atoms with E-state index in [4.69, 9.17) is 4.74 Å². The maximum Gasteiger partial charge on any atom is 0.387 e. The van der Waals surface area contributed by atoms with Gasteiger partial charge in [0.1, 0.15) is 11.5 Å². The number of carbonyl (C=O) groups is 1. The lowest BCUT2D eigenvalue weighted by atomic mass is 10.2. The minimum atomic E-state index is -2.99. The van der Waals surface area contributed by atoms with Crippen molar-refractivity contribution >= 4 is 11.6 Å². The highest BCUT2D eigenvalue weighted by molar-refractivity contribution is 6.03. The number of rotatable bonds is 7. The molecule has 1 amide bonds. The van der Waals surface area contributed by atoms with Gasteiger partial charge in [0.05, 0.1) is 5.69 Å². The van der Waals surface area contributed by atoms with E-state index >= 15 is 0 Å². The number of anilines is 1. The van der Waals surface area contributed by atoms with E-state index in [0.717, 1.165) is 5.56 Å². The average Bonchev–Trinajstić information content (AvgIpc) is 3.12. The van der Waals surface area contributed by atoms with Gasteiger partial charge in [-0.25, -0.2) is 4.68 Å². The summed E-state index contributed by atoms with van der Waals surface area (Å²) in [5.41, 5.74) is 0.988. The number of benzene rings is 2. The monoisotopic (exact) mass is 373 g/mol. The third kappa shape index (κ3) is 5.04. The molecule has 0 unspecified atom stereocenters. The van der Waals surface area contributed by atoms with E-state index in [1.807, 2.05) is 18.2 Å². The number of para-hydroxylation sites is 1. The second-order valence-electron chi connectivity index (χ2n) is 5.66. The topological polar surface area (TPSA) is 65.4 Å². The molecule has 1 heterocycles. The number of hydrogen-bond donors (Lipinski definition) is 1. The van der Waals surface area contributed by atoms with Crippen molar-refractivity contribution in [3.63, 3.8) is 0 Å². The molecule has 0 fully saturated rings. The summed E-state index contributed by atoms with van der Waals surface area (Å²) in [6, 6.07) is 15.3. The molecule has 0 spiro atoms. The number of halogens is 2. The number of aromatic nitrogens is 2. The highest BCUT2D eigenvalue weighted by atomic mass is 19.3. The molecule has 0 saturated heterocycles. The van der Waals surface area contributed by atoms with Crippen molar-refractivity contribution in [3.8, 4) is 11.5 Å². The minimum Gasteiger partial charge on any atom is -0.471 e. The fourth-order valence-electron chi connectivity index (χ4n) is 2.32. The maximum atomic E-state index is 12.6. The summed E-state index contributed by atoms with van der Waals surface area (Å²) in [6.45, 7) is -1.13. The second kappa shape index (κ2) is 8.31. The number of ether oxygens (including phenoxy) is 2. The van der Waals surface area contributed by atoms with Crippen LogP contribution in [-0.2, 0) is 6.73 Å². The fraction of sp³-hybridized carbons (Fsp3) is 0.158. The zero-order chi connectivity index (χ0) is 19.2. The van der Waals surface area contributed by atoms with E-state index in [9.17, 15) is 13.6 Å². The van der Waals surface area contributed by atoms with Crippen LogP contribution in [0.4, 0.5) is 14.5 Å². The molecular weight excluding hydrogens is 356 g/mol. The minimum absolute atomic E-state index is 0.106. The average molecular weight is 373 g/mol. The summed E-state index contributed by atoms with van der Waals surface area (Å²) >= 11 is 0. The molecule has 1 N–H and O–H groups in total. The first-order chi connectivity index (χ1) is 13.0. The first kappa shape index (κ1) is 18.4. The fourth-order valence-corrected chi connectivity index (χ4v) is 2.32. The Hall–Kier alpha value is -3.42. The first-order valence-electron chi connectivity index (χ1n) is 8.09. The van der Waals surface area contributed by atoms with Gasteiger partial charge in [-0.2, -0.15) is 13.9 Å². The predicted molar refractivity (Wildman–Crippen MR) is 95.1 cm³/mol. The van der Waals surface area contributed by atoms with Crippen molar-refractivity contribution in [1.82, 2.24) is 9.78 Å². The largest absolute Gasteiger partial charge is 0.471 e. The molecule has 0 aliphatic rings. The number of amides is 1. The number of alkyl halides is 2. The highest BCUT2D eigenvalue weighted by Gasteiger charge is 2.15. The molecule has 3 rings (SSSR count). The number of aryl methyl sites for hydroxylation is 1. The van der Waals surface area contributed by atoms with Gasteiger partial charge >= 0.3 is 6.61 Å². The second-order valence-corrected chi connectivity index (χ2v) is 5.66. The lowest BCUT2D eigenvalue weighted by Gasteiger charge is -2.12. The molecular formula is C19H17F2N3O3. The molecule has 0 saturated carbocycles. The van der Waals surface area contributed by atoms with Crippen LogP contribution in [-0.4, -0.2) is 22.3 Å². The third-order valence-electron chi connectivity index (χ3n) is 3.58. The molecule has 8 heteroatoms. The van der Waals surface area contributed by atoms with E-state index in [1.54, 1.807) is 31.3 Å². The van der Waals surface area contributed by atoms with E-state index in [1.165, 1.54) is 22.9 Å². The zero-order valence-electron chi connectivity index (χ0n) is 14.4. The summed E-state index contributed by atoms with van der Waals surface area (Å²) in [5.74, 6) is 0.0223. The predicted octanol–water partition coefficient (Wildman–Crippen LogP) is 4.08. The summed E-state index contributed by atoms with van der Waals surface area (Å²) in [7, 11) is 0. The Morgan fingerprint density at radius 1 is 1.19 bits per heavy atom. The van der Waals surface area contributed by atoms with Crippen molar-refractivity contribution < 1.29 is 23.0 Å². The Morgan fingerprint density at radius 3 is 2.70 bits per heavy atom. The lowest BCUT2D eigenvalue weighted by molar-refractivity contribution is -0.0494. The quantitative estimate of drug-likeness (QED) is 0.678. The van der Waals surface area contributed by atoms with Gasteiger partial charge in [-0.05, 0) is 42.8 Å². The van der Waals surface area contributed by atoms with E-state index in [2.05, 4.69) is 15.2 Å². The standard InChI is InChI=1S/C19H17F2N3O3/c1-13-7-8-15(17(11-13)27-19(20)21)22-18(25)16-9-10-24(23-16)12-26-14-5-3-2-4-6-14/h2-11,19H,12H2,1H3,(H,22,25). The van der Waals surface area contributed by atoms with Gasteiger partial charge in [0, 0.05) is 6.20 Å². The number of nitrogens with one attached hydrogen (secondary N) is 1. The smallest absolute Gasteiger partial charge is 0.387 e. The summed E-state index contributed by atoms with van der Waals surface area (Å²) < 4.78 is 36.6. The molecule has 0 aliphatic heterocycles. The van der Waals surface area contributed by atoms with Gasteiger partial charge in [0.25, 0.3) is 5.91 Å². The van der Waals surface area contributed by atoms with Crippen LogP contribution in [0.3, 0.4) is 0 Å². The van der Waals surface area contributed by atoms with Crippen molar-refractivity contribution in [2.24, 2.45) is 0 Å². The van der Waals surface area contributed by atoms with Crippen LogP contribution >= 0.6 is 0 Å². The van der Waals surface area contributed by atoms with Crippen LogP contribution in [0.2, 0.25) is 0 Å². The number of carbonyl (C=O) groups excluding carboxylic acids is 1. The Morgan fingerprint density at radius 2 is 1.96 bits per heavy atom. The van der Waals surface area contributed by atoms with Crippen LogP contribution in [0, 0.1) is 6.92 Å².